The maximum atomic E-state index is 15.0. The predicted molar refractivity (Wildman–Crippen MR) is 112 cm³/mol. The van der Waals surface area contributed by atoms with E-state index in [0.717, 1.165) is 10.1 Å². The second-order valence-electron chi connectivity index (χ2n) is 8.48. The Kier molecular flexibility index (Phi) is 5.81. The highest BCUT2D eigenvalue weighted by Crippen LogP contribution is 2.36. The highest BCUT2D eigenvalue weighted by Gasteiger charge is 2.38. The summed E-state index contributed by atoms with van der Waals surface area (Å²) < 4.78 is 65.3. The van der Waals surface area contributed by atoms with E-state index in [1.807, 2.05) is 6.92 Å². The Morgan fingerprint density at radius 2 is 2.00 bits per heavy atom. The van der Waals surface area contributed by atoms with Crippen molar-refractivity contribution in [1.29, 1.82) is 0 Å². The highest BCUT2D eigenvalue weighted by atomic mass is 19.4. The largest absolute Gasteiger partial charge is 0.419 e. The third-order valence-electron chi connectivity index (χ3n) is 5.42. The number of pyridine rings is 1. The number of imidazole rings is 1. The molecule has 0 spiro atoms. The zero-order chi connectivity index (χ0) is 24.0. The van der Waals surface area contributed by atoms with Crippen LogP contribution in [0.2, 0.25) is 0 Å². The van der Waals surface area contributed by atoms with Crippen molar-refractivity contribution in [2.75, 3.05) is 24.6 Å². The fourth-order valence-corrected chi connectivity index (χ4v) is 3.79. The molecule has 0 saturated carbocycles. The lowest BCUT2D eigenvalue weighted by Crippen LogP contribution is -2.48. The van der Waals surface area contributed by atoms with Crippen molar-refractivity contribution in [1.82, 2.24) is 23.9 Å². The molecule has 1 aliphatic rings. The molecule has 1 aliphatic heterocycles. The Balaban J connectivity index is 1.77. The maximum Gasteiger partial charge on any atom is 0.419 e. The highest BCUT2D eigenvalue weighted by molar-refractivity contribution is 5.49. The summed E-state index contributed by atoms with van der Waals surface area (Å²) in [6.45, 7) is 7.14. The predicted octanol–water partition coefficient (Wildman–Crippen LogP) is 3.07. The first-order valence-corrected chi connectivity index (χ1v) is 10.4. The van der Waals surface area contributed by atoms with Crippen molar-refractivity contribution >= 4 is 5.82 Å². The molecule has 0 unspecified atom stereocenters. The van der Waals surface area contributed by atoms with Crippen LogP contribution in [0.3, 0.4) is 0 Å². The number of alkyl halides is 3. The number of aryl methyl sites for hydroxylation is 1. The number of aromatic nitrogens is 5. The van der Waals surface area contributed by atoms with Crippen LogP contribution >= 0.6 is 0 Å². The molecule has 3 aromatic rings. The summed E-state index contributed by atoms with van der Waals surface area (Å²) >= 11 is 0. The summed E-state index contributed by atoms with van der Waals surface area (Å²) in [7, 11) is 0. The van der Waals surface area contributed by atoms with E-state index in [2.05, 4.69) is 10.1 Å². The normalized spacial score (nSPS) is 16.4. The molecule has 4 rings (SSSR count). The van der Waals surface area contributed by atoms with Gasteiger partial charge in [0.25, 0.3) is 0 Å². The number of rotatable bonds is 5. The number of morpholine rings is 1. The quantitative estimate of drug-likeness (QED) is 0.539. The second kappa shape index (κ2) is 8.32. The Morgan fingerprint density at radius 1 is 1.24 bits per heavy atom. The minimum absolute atomic E-state index is 0.0704. The van der Waals surface area contributed by atoms with Gasteiger partial charge in [-0.15, -0.1) is 0 Å². The number of halogens is 4. The summed E-state index contributed by atoms with van der Waals surface area (Å²) in [5, 5.41) is 4.13. The van der Waals surface area contributed by atoms with Crippen LogP contribution in [0.1, 0.15) is 31.9 Å². The minimum Gasteiger partial charge on any atom is -0.372 e. The summed E-state index contributed by atoms with van der Waals surface area (Å²) in [6.07, 6.45) is 0.981. The van der Waals surface area contributed by atoms with Gasteiger partial charge in [-0.2, -0.15) is 18.3 Å². The number of ether oxygens (including phenoxy) is 1. The van der Waals surface area contributed by atoms with Crippen LogP contribution in [0.4, 0.5) is 23.4 Å². The average molecular weight is 468 g/mol. The molecular formula is C21H24F4N6O2. The summed E-state index contributed by atoms with van der Waals surface area (Å²) in [6, 6.07) is 0.682. The van der Waals surface area contributed by atoms with E-state index < -0.39 is 34.7 Å². The van der Waals surface area contributed by atoms with Gasteiger partial charge in [-0.25, -0.2) is 18.7 Å². The molecule has 0 radical (unpaired) electrons. The van der Waals surface area contributed by atoms with E-state index in [4.69, 9.17) is 4.74 Å². The molecule has 8 nitrogen and oxygen atoms in total. The van der Waals surface area contributed by atoms with Gasteiger partial charge in [0.2, 0.25) is 0 Å². The molecule has 12 heteroatoms. The van der Waals surface area contributed by atoms with Gasteiger partial charge in [0.1, 0.15) is 5.82 Å². The first kappa shape index (κ1) is 23.0. The maximum absolute atomic E-state index is 15.0. The van der Waals surface area contributed by atoms with Crippen molar-refractivity contribution in [2.45, 2.75) is 45.6 Å². The summed E-state index contributed by atoms with van der Waals surface area (Å²) in [5.41, 5.74) is -2.07. The zero-order valence-electron chi connectivity index (χ0n) is 18.4. The van der Waals surface area contributed by atoms with Crippen molar-refractivity contribution in [2.24, 2.45) is 0 Å². The molecule has 178 valence electrons. The van der Waals surface area contributed by atoms with Gasteiger partial charge in [0, 0.05) is 43.8 Å². The van der Waals surface area contributed by atoms with Crippen LogP contribution in [0.25, 0.3) is 5.82 Å². The molecule has 0 bridgehead atoms. The third-order valence-corrected chi connectivity index (χ3v) is 5.42. The molecule has 1 fully saturated rings. The average Bonchev–Trinajstić information content (AvgIpc) is 3.34. The van der Waals surface area contributed by atoms with Crippen LogP contribution in [0, 0.1) is 5.82 Å². The molecular weight excluding hydrogens is 444 g/mol. The van der Waals surface area contributed by atoms with E-state index in [0.29, 0.717) is 12.6 Å². The number of hydrogen-bond acceptors (Lipinski definition) is 5. The molecule has 1 saturated heterocycles. The first-order chi connectivity index (χ1) is 15.5. The SMILES string of the molecule is CCn1cc(Cn2ccn(-c3nc(N4CCOC(C)(C)C4)cc(C(F)(F)F)c3F)c2=O)cn1. The Hall–Kier alpha value is -3.15. The standard InChI is InChI=1S/C21H24F4N6O2/c1-4-30-12-14(10-26-30)11-28-5-6-31(19(28)32)18-17(22)15(21(23,24)25)9-16(27-18)29-7-8-33-20(2,3)13-29/h5-6,9-10,12H,4,7-8,11,13H2,1-3H3. The van der Waals surface area contributed by atoms with Crippen LogP contribution in [0.5, 0.6) is 0 Å². The fourth-order valence-electron chi connectivity index (χ4n) is 3.79. The van der Waals surface area contributed by atoms with E-state index in [1.54, 1.807) is 35.8 Å². The van der Waals surface area contributed by atoms with Crippen molar-refractivity contribution in [3.8, 4) is 5.82 Å². The minimum atomic E-state index is -4.96. The Bertz CT molecular complexity index is 1210. The van der Waals surface area contributed by atoms with Gasteiger partial charge in [0.15, 0.2) is 11.6 Å². The number of anilines is 1. The molecule has 0 aliphatic carbocycles. The smallest absolute Gasteiger partial charge is 0.372 e. The van der Waals surface area contributed by atoms with Gasteiger partial charge in [-0.05, 0) is 26.8 Å². The topological polar surface area (TPSA) is 70.1 Å². The Morgan fingerprint density at radius 3 is 2.64 bits per heavy atom. The van der Waals surface area contributed by atoms with Gasteiger partial charge < -0.3 is 9.64 Å². The fraction of sp³-hybridized carbons (Fsp3) is 0.476. The molecule has 0 atom stereocenters. The van der Waals surface area contributed by atoms with Crippen LogP contribution < -0.4 is 10.6 Å². The van der Waals surface area contributed by atoms with E-state index >= 15 is 4.39 Å². The number of nitrogens with zero attached hydrogens (tertiary/aromatic N) is 6. The number of hydrogen-bond donors (Lipinski definition) is 0. The monoisotopic (exact) mass is 468 g/mol. The molecule has 0 aromatic carbocycles. The van der Waals surface area contributed by atoms with E-state index in [9.17, 15) is 18.0 Å². The van der Waals surface area contributed by atoms with E-state index in [1.165, 1.54) is 17.0 Å². The molecule has 0 amide bonds. The van der Waals surface area contributed by atoms with E-state index in [-0.39, 0.29) is 32.1 Å². The third kappa shape index (κ3) is 4.65. The summed E-state index contributed by atoms with van der Waals surface area (Å²) in [5.74, 6) is -2.37. The van der Waals surface area contributed by atoms with Gasteiger partial charge in [-0.3, -0.25) is 9.25 Å². The van der Waals surface area contributed by atoms with Gasteiger partial charge in [-0.1, -0.05) is 0 Å². The lowest BCUT2D eigenvalue weighted by Gasteiger charge is -2.39. The van der Waals surface area contributed by atoms with Crippen LogP contribution in [-0.2, 0) is 24.0 Å². The summed E-state index contributed by atoms with van der Waals surface area (Å²) in [4.78, 5) is 18.7. The van der Waals surface area contributed by atoms with Crippen molar-refractivity contribution in [3.05, 3.63) is 58.3 Å². The molecule has 0 N–H and O–H groups in total. The second-order valence-corrected chi connectivity index (χ2v) is 8.48. The lowest BCUT2D eigenvalue weighted by atomic mass is 10.1. The molecule has 33 heavy (non-hydrogen) atoms. The van der Waals surface area contributed by atoms with Gasteiger partial charge in [0.05, 0.1) is 30.5 Å². The van der Waals surface area contributed by atoms with Crippen LogP contribution in [0.15, 0.2) is 35.6 Å². The van der Waals surface area contributed by atoms with Crippen LogP contribution in [-0.4, -0.2) is 49.2 Å². The molecule has 4 heterocycles. The zero-order valence-corrected chi connectivity index (χ0v) is 18.4. The van der Waals surface area contributed by atoms with Gasteiger partial charge >= 0.3 is 11.9 Å². The van der Waals surface area contributed by atoms with Crippen molar-refractivity contribution in [3.63, 3.8) is 0 Å². The first-order valence-electron chi connectivity index (χ1n) is 10.4. The lowest BCUT2D eigenvalue weighted by molar-refractivity contribution is -0.140. The Labute approximate surface area is 187 Å². The van der Waals surface area contributed by atoms with Crippen molar-refractivity contribution < 1.29 is 22.3 Å². The molecule has 3 aromatic heterocycles.